The number of rotatable bonds is 4. The van der Waals surface area contributed by atoms with Crippen LogP contribution in [-0.2, 0) is 14.8 Å². The Hall–Kier alpha value is -2.95. The van der Waals surface area contributed by atoms with Crippen LogP contribution in [0.1, 0.15) is 5.56 Å². The average Bonchev–Trinajstić information content (AvgIpc) is 2.66. The predicted octanol–water partition coefficient (Wildman–Crippen LogP) is 3.09. The molecule has 0 aliphatic carbocycles. The van der Waals surface area contributed by atoms with Gasteiger partial charge in [-0.25, -0.2) is 8.42 Å². The zero-order chi connectivity index (χ0) is 21.4. The van der Waals surface area contributed by atoms with E-state index in [0.29, 0.717) is 11.4 Å². The van der Waals surface area contributed by atoms with Gasteiger partial charge >= 0.3 is 12.1 Å². The smallest absolute Gasteiger partial charge is 0.471 e. The lowest BCUT2D eigenvalue weighted by Gasteiger charge is -2.31. The molecule has 1 aliphatic heterocycles. The first-order valence-corrected chi connectivity index (χ1v) is 9.80. The van der Waals surface area contributed by atoms with E-state index in [4.69, 9.17) is 9.47 Å². The Kier molecular flexibility index (Phi) is 5.35. The van der Waals surface area contributed by atoms with Gasteiger partial charge in [-0.05, 0) is 42.8 Å². The number of aryl methyl sites for hydroxylation is 1. The van der Waals surface area contributed by atoms with Crippen molar-refractivity contribution < 1.29 is 35.9 Å². The number of amides is 1. The maximum atomic E-state index is 13.2. The molecule has 1 aliphatic rings. The van der Waals surface area contributed by atoms with Gasteiger partial charge in [0.05, 0.1) is 29.9 Å². The summed E-state index contributed by atoms with van der Waals surface area (Å²) in [5, 5.41) is 1.65. The van der Waals surface area contributed by atoms with Crippen LogP contribution < -0.4 is 19.1 Å². The van der Waals surface area contributed by atoms with Crippen molar-refractivity contribution in [2.24, 2.45) is 0 Å². The molecule has 0 unspecified atom stereocenters. The number of ether oxygens (including phenoxy) is 2. The minimum atomic E-state index is -5.14. The molecule has 0 spiro atoms. The zero-order valence-corrected chi connectivity index (χ0v) is 16.2. The van der Waals surface area contributed by atoms with E-state index in [2.05, 4.69) is 0 Å². The molecule has 2 aromatic rings. The monoisotopic (exact) mass is 430 g/mol. The van der Waals surface area contributed by atoms with Gasteiger partial charge in [-0.3, -0.25) is 9.10 Å². The van der Waals surface area contributed by atoms with Crippen molar-refractivity contribution in [2.75, 3.05) is 29.9 Å². The third-order valence-electron chi connectivity index (χ3n) is 4.20. The molecule has 0 aromatic heterocycles. The fourth-order valence-corrected chi connectivity index (χ4v) is 4.30. The number of halogens is 3. The van der Waals surface area contributed by atoms with Crippen LogP contribution in [0.4, 0.5) is 24.5 Å². The maximum Gasteiger partial charge on any atom is 0.471 e. The number of fused-ring (bicyclic) bond motifs is 1. The number of hydrogen-bond donors (Lipinski definition) is 1. The summed E-state index contributed by atoms with van der Waals surface area (Å²) in [7, 11) is -2.96. The summed E-state index contributed by atoms with van der Waals surface area (Å²) < 4.78 is 75.7. The van der Waals surface area contributed by atoms with Crippen LogP contribution in [0.5, 0.6) is 11.5 Å². The third-order valence-corrected chi connectivity index (χ3v) is 6.01. The summed E-state index contributed by atoms with van der Waals surface area (Å²) in [4.78, 5) is 11.0. The molecule has 2 aromatic carbocycles. The van der Waals surface area contributed by atoms with E-state index in [9.17, 15) is 26.4 Å². The molecule has 1 heterocycles. The fourth-order valence-electron chi connectivity index (χ4n) is 2.82. The van der Waals surface area contributed by atoms with Gasteiger partial charge in [0.2, 0.25) is 0 Å². The number of alkyl halides is 3. The summed E-state index contributed by atoms with van der Waals surface area (Å²) in [6, 6.07) is 8.37. The molecular weight excluding hydrogens is 413 g/mol. The minimum absolute atomic E-state index is 0.0229. The van der Waals surface area contributed by atoms with Gasteiger partial charge in [0.15, 0.2) is 0 Å². The molecule has 0 bridgehead atoms. The van der Waals surface area contributed by atoms with Crippen molar-refractivity contribution in [1.29, 1.82) is 0 Å². The van der Waals surface area contributed by atoms with Crippen molar-refractivity contribution in [3.05, 3.63) is 42.0 Å². The highest BCUT2D eigenvalue weighted by atomic mass is 32.2. The Balaban J connectivity index is 2.04. The SMILES string of the molecule is COc1ccc(S(=O)(=O)N2CCOc3ccc(C)cc32)cc1NC(=O)C(F)(F)F. The van der Waals surface area contributed by atoms with Crippen molar-refractivity contribution in [1.82, 2.24) is 0 Å². The Bertz CT molecular complexity index is 1050. The largest absolute Gasteiger partial charge is 0.495 e. The summed E-state index contributed by atoms with van der Waals surface area (Å²) in [5.41, 5.74) is 0.726. The third kappa shape index (κ3) is 4.09. The number of hydrogen-bond acceptors (Lipinski definition) is 5. The highest BCUT2D eigenvalue weighted by Gasteiger charge is 2.39. The van der Waals surface area contributed by atoms with Gasteiger partial charge in [0.1, 0.15) is 18.1 Å². The van der Waals surface area contributed by atoms with Crippen LogP contribution in [0.25, 0.3) is 0 Å². The van der Waals surface area contributed by atoms with E-state index < -0.39 is 27.8 Å². The predicted molar refractivity (Wildman–Crippen MR) is 98.9 cm³/mol. The molecule has 7 nitrogen and oxygen atoms in total. The van der Waals surface area contributed by atoms with E-state index in [-0.39, 0.29) is 23.8 Å². The highest BCUT2D eigenvalue weighted by Crippen LogP contribution is 2.37. The van der Waals surface area contributed by atoms with Crippen molar-refractivity contribution >= 4 is 27.3 Å². The number of methoxy groups -OCH3 is 1. The summed E-state index contributed by atoms with van der Waals surface area (Å²) in [6.45, 7) is 1.93. The molecule has 1 N–H and O–H groups in total. The Labute approximate surface area is 165 Å². The summed E-state index contributed by atoms with van der Waals surface area (Å²) in [5.74, 6) is -1.97. The van der Waals surface area contributed by atoms with E-state index in [1.54, 1.807) is 30.4 Å². The lowest BCUT2D eigenvalue weighted by atomic mass is 10.2. The summed E-state index contributed by atoms with van der Waals surface area (Å²) >= 11 is 0. The number of anilines is 2. The van der Waals surface area contributed by atoms with Gasteiger partial charge in [0, 0.05) is 0 Å². The van der Waals surface area contributed by atoms with Crippen LogP contribution in [0.15, 0.2) is 41.3 Å². The van der Waals surface area contributed by atoms with Crippen LogP contribution in [0.3, 0.4) is 0 Å². The second-order valence-corrected chi connectivity index (χ2v) is 8.07. The number of sulfonamides is 1. The van der Waals surface area contributed by atoms with E-state index in [0.717, 1.165) is 15.9 Å². The van der Waals surface area contributed by atoms with Crippen molar-refractivity contribution in [3.63, 3.8) is 0 Å². The minimum Gasteiger partial charge on any atom is -0.495 e. The molecule has 29 heavy (non-hydrogen) atoms. The molecule has 0 fully saturated rings. The number of carbonyl (C=O) groups excluding carboxylic acids is 1. The van der Waals surface area contributed by atoms with Crippen molar-refractivity contribution in [2.45, 2.75) is 18.0 Å². The zero-order valence-electron chi connectivity index (χ0n) is 15.4. The topological polar surface area (TPSA) is 84.9 Å². The van der Waals surface area contributed by atoms with E-state index in [1.807, 2.05) is 0 Å². The molecule has 3 rings (SSSR count). The van der Waals surface area contributed by atoms with E-state index >= 15 is 0 Å². The molecule has 0 atom stereocenters. The van der Waals surface area contributed by atoms with Crippen LogP contribution in [-0.4, -0.2) is 40.8 Å². The lowest BCUT2D eigenvalue weighted by Crippen LogP contribution is -2.38. The van der Waals surface area contributed by atoms with Gasteiger partial charge in [-0.1, -0.05) is 6.07 Å². The van der Waals surface area contributed by atoms with Gasteiger partial charge in [0.25, 0.3) is 10.0 Å². The van der Waals surface area contributed by atoms with Gasteiger partial charge < -0.3 is 14.8 Å². The van der Waals surface area contributed by atoms with E-state index in [1.165, 1.54) is 19.2 Å². The van der Waals surface area contributed by atoms with Gasteiger partial charge in [-0.2, -0.15) is 13.2 Å². The normalized spacial score (nSPS) is 14.0. The molecule has 0 saturated carbocycles. The maximum absolute atomic E-state index is 13.2. The standard InChI is InChI=1S/C18H17F3N2O5S/c1-11-3-5-16-14(9-11)23(7-8-28-16)29(25,26)12-4-6-15(27-2)13(10-12)22-17(24)18(19,20)21/h3-6,9-10H,7-8H2,1-2H3,(H,22,24). The molecule has 11 heteroatoms. The number of benzene rings is 2. The second-order valence-electron chi connectivity index (χ2n) is 6.21. The quantitative estimate of drug-likeness (QED) is 0.806. The van der Waals surface area contributed by atoms with Crippen LogP contribution >= 0.6 is 0 Å². The Morgan fingerprint density at radius 1 is 1.21 bits per heavy atom. The molecule has 0 radical (unpaired) electrons. The Morgan fingerprint density at radius 2 is 1.93 bits per heavy atom. The highest BCUT2D eigenvalue weighted by molar-refractivity contribution is 7.92. The lowest BCUT2D eigenvalue weighted by molar-refractivity contribution is -0.167. The first kappa shape index (κ1) is 20.8. The number of nitrogens with zero attached hydrogens (tertiary/aromatic N) is 1. The molecule has 156 valence electrons. The van der Waals surface area contributed by atoms with Crippen LogP contribution in [0.2, 0.25) is 0 Å². The van der Waals surface area contributed by atoms with Crippen LogP contribution in [0, 0.1) is 6.92 Å². The molecular formula is C18H17F3N2O5S. The summed E-state index contributed by atoms with van der Waals surface area (Å²) in [6.07, 6.45) is -5.14. The fraction of sp³-hybridized carbons (Fsp3) is 0.278. The first-order valence-electron chi connectivity index (χ1n) is 8.36. The number of nitrogens with one attached hydrogen (secondary N) is 1. The molecule has 0 saturated heterocycles. The van der Waals surface area contributed by atoms with Crippen molar-refractivity contribution in [3.8, 4) is 11.5 Å². The molecule has 1 amide bonds. The second kappa shape index (κ2) is 7.47. The Morgan fingerprint density at radius 3 is 2.59 bits per heavy atom. The average molecular weight is 430 g/mol. The van der Waals surface area contributed by atoms with Gasteiger partial charge in [-0.15, -0.1) is 0 Å². The number of carbonyl (C=O) groups is 1. The first-order chi connectivity index (χ1) is 13.5.